The topological polar surface area (TPSA) is 41.1 Å². The Morgan fingerprint density at radius 2 is 2.00 bits per heavy atom. The highest BCUT2D eigenvalue weighted by atomic mass is 16.2. The molecule has 0 aliphatic carbocycles. The van der Waals surface area contributed by atoms with Gasteiger partial charge in [0.05, 0.1) is 6.04 Å². The minimum absolute atomic E-state index is 0.0878. The van der Waals surface area contributed by atoms with Crippen LogP contribution in [0.4, 0.5) is 0 Å². The van der Waals surface area contributed by atoms with Crippen LogP contribution in [-0.2, 0) is 11.2 Å². The average molecular weight is 234 g/mol. The molecule has 0 heterocycles. The van der Waals surface area contributed by atoms with Crippen LogP contribution in [0.25, 0.3) is 0 Å². The highest BCUT2D eigenvalue weighted by Gasteiger charge is 2.15. The molecule has 0 radical (unpaired) electrons. The molecule has 0 unspecified atom stereocenters. The van der Waals surface area contributed by atoms with Gasteiger partial charge in [-0.1, -0.05) is 43.7 Å². The van der Waals surface area contributed by atoms with Crippen molar-refractivity contribution in [2.75, 3.05) is 13.6 Å². The van der Waals surface area contributed by atoms with Crippen molar-refractivity contribution < 1.29 is 4.79 Å². The van der Waals surface area contributed by atoms with E-state index in [1.165, 1.54) is 5.56 Å². The molecule has 1 atom stereocenters. The van der Waals surface area contributed by atoms with Gasteiger partial charge in [0.2, 0.25) is 5.91 Å². The van der Waals surface area contributed by atoms with Crippen molar-refractivity contribution >= 4 is 5.91 Å². The monoisotopic (exact) mass is 234 g/mol. The molecular formula is C14H22N2O. The van der Waals surface area contributed by atoms with Crippen LogP contribution in [0.5, 0.6) is 0 Å². The summed E-state index contributed by atoms with van der Waals surface area (Å²) in [6.07, 6.45) is 2.87. The first kappa shape index (κ1) is 13.7. The molecule has 0 saturated carbocycles. The second-order valence-electron chi connectivity index (χ2n) is 4.18. The standard InChI is InChI=1S/C14H22N2O/c1-3-4-10-16-14(17)13(15-2)11-12-8-6-5-7-9-12/h5-9,13,15H,3-4,10-11H2,1-2H3,(H,16,17)/t13-/m0/s1. The van der Waals surface area contributed by atoms with E-state index in [1.54, 1.807) is 0 Å². The SMILES string of the molecule is CCCCNC(=O)[C@H](Cc1ccccc1)NC. The van der Waals surface area contributed by atoms with Crippen LogP contribution in [0.1, 0.15) is 25.3 Å². The van der Waals surface area contributed by atoms with E-state index in [1.807, 2.05) is 37.4 Å². The van der Waals surface area contributed by atoms with Gasteiger partial charge in [-0.05, 0) is 25.5 Å². The van der Waals surface area contributed by atoms with Gasteiger partial charge in [0, 0.05) is 6.54 Å². The second kappa shape index (κ2) is 7.85. The Hall–Kier alpha value is -1.35. The Bertz CT molecular complexity index is 324. The molecule has 0 bridgehead atoms. The summed E-state index contributed by atoms with van der Waals surface area (Å²) in [6.45, 7) is 2.88. The Balaban J connectivity index is 2.45. The molecule has 94 valence electrons. The Morgan fingerprint density at radius 3 is 2.59 bits per heavy atom. The number of likely N-dealkylation sites (N-methyl/N-ethyl adjacent to an activating group) is 1. The van der Waals surface area contributed by atoms with Crippen LogP contribution in [-0.4, -0.2) is 25.5 Å². The van der Waals surface area contributed by atoms with Gasteiger partial charge in [0.25, 0.3) is 0 Å². The molecule has 0 spiro atoms. The quantitative estimate of drug-likeness (QED) is 0.706. The maximum absolute atomic E-state index is 11.9. The summed E-state index contributed by atoms with van der Waals surface area (Å²) in [5.74, 6) is 0.0878. The van der Waals surface area contributed by atoms with E-state index in [9.17, 15) is 4.79 Å². The van der Waals surface area contributed by atoms with Crippen molar-refractivity contribution in [2.45, 2.75) is 32.2 Å². The van der Waals surface area contributed by atoms with Crippen molar-refractivity contribution in [3.05, 3.63) is 35.9 Å². The predicted octanol–water partition coefficient (Wildman–Crippen LogP) is 1.73. The lowest BCUT2D eigenvalue weighted by Crippen LogP contribution is -2.44. The molecule has 1 amide bonds. The van der Waals surface area contributed by atoms with Gasteiger partial charge in [0.1, 0.15) is 0 Å². The van der Waals surface area contributed by atoms with E-state index in [-0.39, 0.29) is 11.9 Å². The zero-order valence-electron chi connectivity index (χ0n) is 10.7. The minimum Gasteiger partial charge on any atom is -0.355 e. The van der Waals surface area contributed by atoms with Gasteiger partial charge < -0.3 is 10.6 Å². The number of amides is 1. The molecule has 1 aromatic carbocycles. The van der Waals surface area contributed by atoms with Crippen molar-refractivity contribution in [1.29, 1.82) is 0 Å². The van der Waals surface area contributed by atoms with Crippen LogP contribution in [0, 0.1) is 0 Å². The molecule has 3 nitrogen and oxygen atoms in total. The number of nitrogens with one attached hydrogen (secondary N) is 2. The molecule has 0 fully saturated rings. The maximum atomic E-state index is 11.9. The number of hydrogen-bond acceptors (Lipinski definition) is 2. The summed E-state index contributed by atoms with van der Waals surface area (Å²) < 4.78 is 0. The van der Waals surface area contributed by atoms with Crippen molar-refractivity contribution in [3.63, 3.8) is 0 Å². The molecule has 3 heteroatoms. The van der Waals surface area contributed by atoms with Crippen molar-refractivity contribution in [1.82, 2.24) is 10.6 Å². The molecule has 1 aromatic rings. The lowest BCUT2D eigenvalue weighted by atomic mass is 10.1. The van der Waals surface area contributed by atoms with Gasteiger partial charge >= 0.3 is 0 Å². The summed E-state index contributed by atoms with van der Waals surface area (Å²) >= 11 is 0. The van der Waals surface area contributed by atoms with E-state index in [4.69, 9.17) is 0 Å². The van der Waals surface area contributed by atoms with Crippen molar-refractivity contribution in [2.24, 2.45) is 0 Å². The number of rotatable bonds is 7. The molecule has 17 heavy (non-hydrogen) atoms. The Labute approximate surface area is 104 Å². The summed E-state index contributed by atoms with van der Waals surface area (Å²) in [4.78, 5) is 11.9. The third-order valence-corrected chi connectivity index (χ3v) is 2.78. The smallest absolute Gasteiger partial charge is 0.237 e. The van der Waals surface area contributed by atoms with Crippen LogP contribution in [0.3, 0.4) is 0 Å². The second-order valence-corrected chi connectivity index (χ2v) is 4.18. The Kier molecular flexibility index (Phi) is 6.33. The first-order chi connectivity index (χ1) is 8.27. The lowest BCUT2D eigenvalue weighted by Gasteiger charge is -2.16. The third-order valence-electron chi connectivity index (χ3n) is 2.78. The summed E-state index contributed by atoms with van der Waals surface area (Å²) in [7, 11) is 1.83. The molecule has 0 aliphatic heterocycles. The first-order valence-corrected chi connectivity index (χ1v) is 6.26. The predicted molar refractivity (Wildman–Crippen MR) is 70.9 cm³/mol. The Morgan fingerprint density at radius 1 is 1.29 bits per heavy atom. The molecule has 1 rings (SSSR count). The highest BCUT2D eigenvalue weighted by Crippen LogP contribution is 2.03. The third kappa shape index (κ3) is 5.00. The maximum Gasteiger partial charge on any atom is 0.237 e. The largest absolute Gasteiger partial charge is 0.355 e. The van der Waals surface area contributed by atoms with Crippen LogP contribution < -0.4 is 10.6 Å². The number of benzene rings is 1. The summed E-state index contributed by atoms with van der Waals surface area (Å²) in [5.41, 5.74) is 1.18. The van der Waals surface area contributed by atoms with Gasteiger partial charge in [0.15, 0.2) is 0 Å². The molecule has 0 aromatic heterocycles. The first-order valence-electron chi connectivity index (χ1n) is 6.26. The summed E-state index contributed by atoms with van der Waals surface area (Å²) in [6, 6.07) is 9.93. The number of carbonyl (C=O) groups excluding carboxylic acids is 1. The molecule has 0 aliphatic rings. The zero-order valence-corrected chi connectivity index (χ0v) is 10.7. The summed E-state index contributed by atoms with van der Waals surface area (Å²) in [5, 5.41) is 6.02. The van der Waals surface area contributed by atoms with E-state index >= 15 is 0 Å². The fraction of sp³-hybridized carbons (Fsp3) is 0.500. The fourth-order valence-corrected chi connectivity index (χ4v) is 1.69. The average Bonchev–Trinajstić information content (AvgIpc) is 2.37. The van der Waals surface area contributed by atoms with Gasteiger partial charge in [-0.3, -0.25) is 4.79 Å². The van der Waals surface area contributed by atoms with E-state index in [0.717, 1.165) is 25.8 Å². The molecular weight excluding hydrogens is 212 g/mol. The van der Waals surface area contributed by atoms with Crippen LogP contribution in [0.2, 0.25) is 0 Å². The van der Waals surface area contributed by atoms with Crippen LogP contribution >= 0.6 is 0 Å². The van der Waals surface area contributed by atoms with E-state index < -0.39 is 0 Å². The van der Waals surface area contributed by atoms with E-state index in [2.05, 4.69) is 17.6 Å². The lowest BCUT2D eigenvalue weighted by molar-refractivity contribution is -0.123. The molecule has 0 saturated heterocycles. The van der Waals surface area contributed by atoms with Crippen LogP contribution in [0.15, 0.2) is 30.3 Å². The zero-order chi connectivity index (χ0) is 12.5. The highest BCUT2D eigenvalue weighted by molar-refractivity contribution is 5.82. The normalized spacial score (nSPS) is 12.1. The van der Waals surface area contributed by atoms with Gasteiger partial charge in [-0.2, -0.15) is 0 Å². The molecule has 2 N–H and O–H groups in total. The van der Waals surface area contributed by atoms with Crippen molar-refractivity contribution in [3.8, 4) is 0 Å². The van der Waals surface area contributed by atoms with Gasteiger partial charge in [-0.25, -0.2) is 0 Å². The number of hydrogen-bond donors (Lipinski definition) is 2. The fourth-order valence-electron chi connectivity index (χ4n) is 1.69. The van der Waals surface area contributed by atoms with Gasteiger partial charge in [-0.15, -0.1) is 0 Å². The number of unbranched alkanes of at least 4 members (excludes halogenated alkanes) is 1. The number of carbonyl (C=O) groups is 1. The van der Waals surface area contributed by atoms with E-state index in [0.29, 0.717) is 0 Å². The minimum atomic E-state index is -0.144.